The van der Waals surface area contributed by atoms with Crippen molar-refractivity contribution in [3.05, 3.63) is 42.4 Å². The number of nitrogens with zero attached hydrogens (tertiary/aromatic N) is 3. The van der Waals surface area contributed by atoms with E-state index in [1.54, 1.807) is 6.20 Å². The SMILES string of the molecule is NC1CCCC1c1nc(-c2ccc3ncccc3c2)no1. The zero-order valence-electron chi connectivity index (χ0n) is 11.6. The highest BCUT2D eigenvalue weighted by Crippen LogP contribution is 2.33. The minimum atomic E-state index is 0.138. The summed E-state index contributed by atoms with van der Waals surface area (Å²) in [4.78, 5) is 8.85. The first-order valence-corrected chi connectivity index (χ1v) is 7.25. The number of fused-ring (bicyclic) bond motifs is 1. The summed E-state index contributed by atoms with van der Waals surface area (Å²) >= 11 is 0. The van der Waals surface area contributed by atoms with Crippen LogP contribution >= 0.6 is 0 Å². The fourth-order valence-electron chi connectivity index (χ4n) is 3.01. The summed E-state index contributed by atoms with van der Waals surface area (Å²) in [5, 5.41) is 5.18. The van der Waals surface area contributed by atoms with Crippen LogP contribution in [0.1, 0.15) is 31.1 Å². The fraction of sp³-hybridized carbons (Fsp3) is 0.312. The molecule has 1 fully saturated rings. The van der Waals surface area contributed by atoms with E-state index >= 15 is 0 Å². The number of hydrogen-bond acceptors (Lipinski definition) is 5. The standard InChI is InChI=1S/C16H16N4O/c17-13-5-1-4-12(13)16-19-15(20-21-16)11-6-7-14-10(9-11)3-2-8-18-14/h2-3,6-9,12-13H,1,4-5,17H2. The molecule has 0 aliphatic heterocycles. The Morgan fingerprint density at radius 2 is 2.14 bits per heavy atom. The molecule has 5 nitrogen and oxygen atoms in total. The first-order chi connectivity index (χ1) is 10.3. The molecule has 0 bridgehead atoms. The van der Waals surface area contributed by atoms with Crippen LogP contribution in [0.25, 0.3) is 22.3 Å². The molecule has 0 saturated heterocycles. The molecule has 106 valence electrons. The van der Waals surface area contributed by atoms with Gasteiger partial charge in [0.25, 0.3) is 0 Å². The van der Waals surface area contributed by atoms with Crippen molar-refractivity contribution in [2.45, 2.75) is 31.2 Å². The topological polar surface area (TPSA) is 77.8 Å². The quantitative estimate of drug-likeness (QED) is 0.781. The molecule has 0 radical (unpaired) electrons. The van der Waals surface area contributed by atoms with Crippen LogP contribution < -0.4 is 5.73 Å². The molecule has 1 aliphatic rings. The summed E-state index contributed by atoms with van der Waals surface area (Å²) in [5.74, 6) is 1.49. The molecule has 4 rings (SSSR count). The van der Waals surface area contributed by atoms with Crippen LogP contribution in [0.3, 0.4) is 0 Å². The number of aromatic nitrogens is 3. The Balaban J connectivity index is 1.70. The third kappa shape index (κ3) is 2.19. The highest BCUT2D eigenvalue weighted by atomic mass is 16.5. The second kappa shape index (κ2) is 4.93. The van der Waals surface area contributed by atoms with Gasteiger partial charge >= 0.3 is 0 Å². The molecule has 1 saturated carbocycles. The van der Waals surface area contributed by atoms with Crippen molar-refractivity contribution in [2.75, 3.05) is 0 Å². The minimum Gasteiger partial charge on any atom is -0.339 e. The fourth-order valence-corrected chi connectivity index (χ4v) is 3.01. The average Bonchev–Trinajstić information content (AvgIpc) is 3.15. The summed E-state index contributed by atoms with van der Waals surface area (Å²) in [7, 11) is 0. The summed E-state index contributed by atoms with van der Waals surface area (Å²) < 4.78 is 5.43. The van der Waals surface area contributed by atoms with E-state index in [0.29, 0.717) is 11.7 Å². The Morgan fingerprint density at radius 1 is 1.19 bits per heavy atom. The van der Waals surface area contributed by atoms with Gasteiger partial charge in [0, 0.05) is 23.2 Å². The first-order valence-electron chi connectivity index (χ1n) is 7.25. The molecule has 0 spiro atoms. The zero-order valence-corrected chi connectivity index (χ0v) is 11.6. The maximum Gasteiger partial charge on any atom is 0.231 e. The zero-order chi connectivity index (χ0) is 14.2. The van der Waals surface area contributed by atoms with E-state index in [-0.39, 0.29) is 12.0 Å². The summed E-state index contributed by atoms with van der Waals surface area (Å²) in [6, 6.07) is 10.1. The Bertz CT molecular complexity index is 783. The van der Waals surface area contributed by atoms with Crippen molar-refractivity contribution < 1.29 is 4.52 Å². The Hall–Kier alpha value is -2.27. The van der Waals surface area contributed by atoms with Gasteiger partial charge in [-0.2, -0.15) is 4.98 Å². The van der Waals surface area contributed by atoms with Gasteiger partial charge in [-0.15, -0.1) is 0 Å². The van der Waals surface area contributed by atoms with Crippen molar-refractivity contribution in [3.8, 4) is 11.4 Å². The van der Waals surface area contributed by atoms with Crippen LogP contribution in [-0.4, -0.2) is 21.2 Å². The number of benzene rings is 1. The Morgan fingerprint density at radius 3 is 3.00 bits per heavy atom. The second-order valence-electron chi connectivity index (χ2n) is 5.57. The molecule has 1 aromatic carbocycles. The molecular formula is C16H16N4O. The van der Waals surface area contributed by atoms with Crippen LogP contribution in [0, 0.1) is 0 Å². The van der Waals surface area contributed by atoms with Crippen molar-refractivity contribution in [3.63, 3.8) is 0 Å². The number of nitrogens with two attached hydrogens (primary N) is 1. The van der Waals surface area contributed by atoms with Gasteiger partial charge in [0.1, 0.15) is 0 Å². The predicted octanol–water partition coefficient (Wildman–Crippen LogP) is 2.88. The molecule has 1 aliphatic carbocycles. The molecule has 21 heavy (non-hydrogen) atoms. The van der Waals surface area contributed by atoms with E-state index in [1.807, 2.05) is 30.3 Å². The normalized spacial score (nSPS) is 22.0. The summed E-state index contributed by atoms with van der Waals surface area (Å²) in [5.41, 5.74) is 8.00. The van der Waals surface area contributed by atoms with Crippen molar-refractivity contribution >= 4 is 10.9 Å². The monoisotopic (exact) mass is 280 g/mol. The Kier molecular flexibility index (Phi) is 2.93. The van der Waals surface area contributed by atoms with Crippen LogP contribution in [-0.2, 0) is 0 Å². The predicted molar refractivity (Wildman–Crippen MR) is 79.6 cm³/mol. The highest BCUT2D eigenvalue weighted by Gasteiger charge is 2.30. The van der Waals surface area contributed by atoms with Crippen LogP contribution in [0.5, 0.6) is 0 Å². The van der Waals surface area contributed by atoms with E-state index in [2.05, 4.69) is 15.1 Å². The molecule has 2 aromatic heterocycles. The molecule has 2 unspecified atom stereocenters. The molecule has 0 amide bonds. The number of rotatable bonds is 2. The van der Waals surface area contributed by atoms with E-state index in [4.69, 9.17) is 10.3 Å². The van der Waals surface area contributed by atoms with E-state index in [9.17, 15) is 0 Å². The average molecular weight is 280 g/mol. The van der Waals surface area contributed by atoms with Crippen LogP contribution in [0.15, 0.2) is 41.1 Å². The maximum absolute atomic E-state index is 6.10. The molecular weight excluding hydrogens is 264 g/mol. The van der Waals surface area contributed by atoms with Crippen molar-refractivity contribution in [1.29, 1.82) is 0 Å². The lowest BCUT2D eigenvalue weighted by atomic mass is 10.0. The lowest BCUT2D eigenvalue weighted by Crippen LogP contribution is -2.22. The molecule has 3 aromatic rings. The van der Waals surface area contributed by atoms with Gasteiger partial charge in [0.2, 0.25) is 11.7 Å². The minimum absolute atomic E-state index is 0.138. The van der Waals surface area contributed by atoms with Gasteiger partial charge in [-0.25, -0.2) is 0 Å². The largest absolute Gasteiger partial charge is 0.339 e. The summed E-state index contributed by atoms with van der Waals surface area (Å²) in [6.07, 6.45) is 4.98. The molecule has 5 heteroatoms. The number of pyridine rings is 1. The third-order valence-corrected chi connectivity index (χ3v) is 4.19. The van der Waals surface area contributed by atoms with Gasteiger partial charge in [-0.1, -0.05) is 17.6 Å². The van der Waals surface area contributed by atoms with Gasteiger partial charge in [-0.05, 0) is 37.1 Å². The molecule has 2 N–H and O–H groups in total. The third-order valence-electron chi connectivity index (χ3n) is 4.19. The van der Waals surface area contributed by atoms with Crippen LogP contribution in [0.4, 0.5) is 0 Å². The molecule has 2 atom stereocenters. The van der Waals surface area contributed by atoms with E-state index in [1.165, 1.54) is 0 Å². The molecule has 2 heterocycles. The van der Waals surface area contributed by atoms with Gasteiger partial charge in [0.05, 0.1) is 11.4 Å². The van der Waals surface area contributed by atoms with Gasteiger partial charge in [-0.3, -0.25) is 4.98 Å². The van der Waals surface area contributed by atoms with E-state index in [0.717, 1.165) is 35.7 Å². The second-order valence-corrected chi connectivity index (χ2v) is 5.57. The summed E-state index contributed by atoms with van der Waals surface area (Å²) in [6.45, 7) is 0. The lowest BCUT2D eigenvalue weighted by Gasteiger charge is -2.08. The van der Waals surface area contributed by atoms with Crippen molar-refractivity contribution in [1.82, 2.24) is 15.1 Å². The lowest BCUT2D eigenvalue weighted by molar-refractivity contribution is 0.345. The number of hydrogen-bond donors (Lipinski definition) is 1. The maximum atomic E-state index is 6.10. The first kappa shape index (κ1) is 12.5. The Labute approximate surface area is 122 Å². The highest BCUT2D eigenvalue weighted by molar-refractivity contribution is 5.82. The van der Waals surface area contributed by atoms with Crippen LogP contribution in [0.2, 0.25) is 0 Å². The smallest absolute Gasteiger partial charge is 0.231 e. The van der Waals surface area contributed by atoms with Gasteiger partial charge < -0.3 is 10.3 Å². The van der Waals surface area contributed by atoms with Gasteiger partial charge in [0.15, 0.2) is 0 Å². The van der Waals surface area contributed by atoms with Crippen molar-refractivity contribution in [2.24, 2.45) is 5.73 Å². The van der Waals surface area contributed by atoms with E-state index < -0.39 is 0 Å².